The number of nitrogens with one attached hydrogen (secondary N) is 2. The highest BCUT2D eigenvalue weighted by Gasteiger charge is 2.34. The van der Waals surface area contributed by atoms with E-state index in [-0.39, 0.29) is 12.5 Å². The van der Waals surface area contributed by atoms with E-state index in [0.717, 1.165) is 24.2 Å². The van der Waals surface area contributed by atoms with Gasteiger partial charge in [-0.1, -0.05) is 60.7 Å². The molecule has 1 unspecified atom stereocenters. The Labute approximate surface area is 171 Å². The van der Waals surface area contributed by atoms with Crippen molar-refractivity contribution in [2.24, 2.45) is 5.92 Å². The third-order valence-corrected chi connectivity index (χ3v) is 6.61. The van der Waals surface area contributed by atoms with Gasteiger partial charge in [-0.25, -0.2) is 13.2 Å². The summed E-state index contributed by atoms with van der Waals surface area (Å²) in [7, 11) is -3.72. The van der Waals surface area contributed by atoms with Gasteiger partial charge in [0.1, 0.15) is 12.0 Å². The molecule has 7 heteroatoms. The highest BCUT2D eigenvalue weighted by molar-refractivity contribution is 7.95. The molecule has 6 nitrogen and oxygen atoms in total. The number of piperidine rings is 1. The minimum Gasteiger partial charge on any atom is -0.445 e. The van der Waals surface area contributed by atoms with Crippen LogP contribution in [0.5, 0.6) is 0 Å². The zero-order valence-electron chi connectivity index (χ0n) is 16.2. The molecule has 29 heavy (non-hydrogen) atoms. The summed E-state index contributed by atoms with van der Waals surface area (Å²) < 4.78 is 31.3. The SMILES string of the molecule is O=C(NC(C1CCNCC1)S(=O)(=O)/C=C/c1ccccc1)OCc1ccccc1. The number of carbonyl (C=O) groups excluding carboxylic acids is 1. The minimum atomic E-state index is -3.72. The summed E-state index contributed by atoms with van der Waals surface area (Å²) in [6, 6.07) is 18.5. The van der Waals surface area contributed by atoms with E-state index < -0.39 is 21.3 Å². The molecule has 2 aromatic rings. The molecule has 0 aliphatic carbocycles. The summed E-state index contributed by atoms with van der Waals surface area (Å²) in [4.78, 5) is 12.4. The fourth-order valence-electron chi connectivity index (χ4n) is 3.32. The Morgan fingerprint density at radius 3 is 2.34 bits per heavy atom. The zero-order valence-corrected chi connectivity index (χ0v) is 17.0. The maximum atomic E-state index is 13.0. The normalized spacial score (nSPS) is 16.4. The number of hydrogen-bond donors (Lipinski definition) is 2. The van der Waals surface area contributed by atoms with Gasteiger partial charge in [0, 0.05) is 5.41 Å². The van der Waals surface area contributed by atoms with Gasteiger partial charge in [0.15, 0.2) is 9.84 Å². The number of carbonyl (C=O) groups is 1. The Morgan fingerprint density at radius 1 is 1.07 bits per heavy atom. The van der Waals surface area contributed by atoms with Crippen molar-refractivity contribution in [3.05, 3.63) is 77.2 Å². The maximum absolute atomic E-state index is 13.0. The largest absolute Gasteiger partial charge is 0.445 e. The van der Waals surface area contributed by atoms with Gasteiger partial charge in [-0.2, -0.15) is 0 Å². The monoisotopic (exact) mass is 414 g/mol. The molecule has 0 spiro atoms. The zero-order chi connectivity index (χ0) is 20.5. The molecule has 1 amide bonds. The van der Waals surface area contributed by atoms with Gasteiger partial charge in [0.2, 0.25) is 0 Å². The minimum absolute atomic E-state index is 0.0888. The van der Waals surface area contributed by atoms with Crippen molar-refractivity contribution in [1.82, 2.24) is 10.6 Å². The van der Waals surface area contributed by atoms with Crippen LogP contribution in [0, 0.1) is 5.92 Å². The van der Waals surface area contributed by atoms with Crippen molar-refractivity contribution in [2.75, 3.05) is 13.1 Å². The molecular weight excluding hydrogens is 388 g/mol. The van der Waals surface area contributed by atoms with Crippen molar-refractivity contribution >= 4 is 22.0 Å². The van der Waals surface area contributed by atoms with Crippen molar-refractivity contribution in [1.29, 1.82) is 0 Å². The van der Waals surface area contributed by atoms with Crippen LogP contribution >= 0.6 is 0 Å². The molecular formula is C22H26N2O4S. The number of hydrogen-bond acceptors (Lipinski definition) is 5. The first-order chi connectivity index (χ1) is 14.0. The fraction of sp³-hybridized carbons (Fsp3) is 0.318. The van der Waals surface area contributed by atoms with Gasteiger partial charge in [-0.05, 0) is 49.1 Å². The Hall–Kier alpha value is -2.64. The molecule has 2 aromatic carbocycles. The second kappa shape index (κ2) is 10.2. The predicted molar refractivity (Wildman–Crippen MR) is 114 cm³/mol. The molecule has 3 rings (SSSR count). The van der Waals surface area contributed by atoms with Gasteiger partial charge >= 0.3 is 6.09 Å². The van der Waals surface area contributed by atoms with Crippen molar-refractivity contribution in [2.45, 2.75) is 24.8 Å². The van der Waals surface area contributed by atoms with Gasteiger partial charge in [-0.15, -0.1) is 0 Å². The van der Waals surface area contributed by atoms with Gasteiger partial charge in [0.25, 0.3) is 0 Å². The molecule has 0 aromatic heterocycles. The third kappa shape index (κ3) is 6.44. The summed E-state index contributed by atoms with van der Waals surface area (Å²) in [5.74, 6) is -0.175. The van der Waals surface area contributed by atoms with E-state index in [4.69, 9.17) is 4.74 Å². The lowest BCUT2D eigenvalue weighted by Gasteiger charge is -2.30. The van der Waals surface area contributed by atoms with Crippen LogP contribution < -0.4 is 10.6 Å². The highest BCUT2D eigenvalue weighted by Crippen LogP contribution is 2.22. The summed E-state index contributed by atoms with van der Waals surface area (Å²) in [5.41, 5.74) is 1.62. The van der Waals surface area contributed by atoms with Crippen LogP contribution in [-0.2, 0) is 21.2 Å². The van der Waals surface area contributed by atoms with Crippen LogP contribution in [0.15, 0.2) is 66.1 Å². The van der Waals surface area contributed by atoms with Crippen LogP contribution in [0.4, 0.5) is 4.79 Å². The van der Waals surface area contributed by atoms with E-state index in [0.29, 0.717) is 12.8 Å². The first-order valence-corrected chi connectivity index (χ1v) is 11.3. The quantitative estimate of drug-likeness (QED) is 0.726. The molecule has 0 bridgehead atoms. The van der Waals surface area contributed by atoms with E-state index in [1.165, 1.54) is 5.41 Å². The number of ether oxygens (including phenoxy) is 1. The third-order valence-electron chi connectivity index (χ3n) is 4.89. The van der Waals surface area contributed by atoms with Crippen LogP contribution in [0.2, 0.25) is 0 Å². The topological polar surface area (TPSA) is 84.5 Å². The van der Waals surface area contributed by atoms with Crippen LogP contribution in [-0.4, -0.2) is 33.0 Å². The fourth-order valence-corrected chi connectivity index (χ4v) is 4.90. The molecule has 1 aliphatic rings. The van der Waals surface area contributed by atoms with Crippen LogP contribution in [0.25, 0.3) is 6.08 Å². The van der Waals surface area contributed by atoms with Crippen molar-refractivity contribution in [3.63, 3.8) is 0 Å². The molecule has 1 heterocycles. The molecule has 1 atom stereocenters. The van der Waals surface area contributed by atoms with Crippen molar-refractivity contribution in [3.8, 4) is 0 Å². The summed E-state index contributed by atoms with van der Waals surface area (Å²) >= 11 is 0. The first-order valence-electron chi connectivity index (χ1n) is 9.69. The standard InChI is InChI=1S/C22H26N2O4S/c25-22(28-17-19-9-5-2-6-10-19)24-21(20-11-14-23-15-12-20)29(26,27)16-13-18-7-3-1-4-8-18/h1-10,13,16,20-21,23H,11-12,14-15,17H2,(H,24,25)/b16-13+. The molecule has 0 radical (unpaired) electrons. The second-order valence-electron chi connectivity index (χ2n) is 7.02. The van der Waals surface area contributed by atoms with Gasteiger partial charge in [-0.3, -0.25) is 0 Å². The number of amides is 1. The van der Waals surface area contributed by atoms with E-state index in [9.17, 15) is 13.2 Å². The summed E-state index contributed by atoms with van der Waals surface area (Å²) in [6.45, 7) is 1.53. The number of sulfone groups is 1. The maximum Gasteiger partial charge on any atom is 0.408 e. The lowest BCUT2D eigenvalue weighted by molar-refractivity contribution is 0.134. The Kier molecular flexibility index (Phi) is 7.43. The molecule has 1 saturated heterocycles. The van der Waals surface area contributed by atoms with Gasteiger partial charge < -0.3 is 15.4 Å². The summed E-state index contributed by atoms with van der Waals surface area (Å²) in [5, 5.41) is 5.99. The Morgan fingerprint density at radius 2 is 1.69 bits per heavy atom. The molecule has 2 N–H and O–H groups in total. The average Bonchev–Trinajstić information content (AvgIpc) is 2.76. The van der Waals surface area contributed by atoms with E-state index in [2.05, 4.69) is 10.6 Å². The molecule has 0 saturated carbocycles. The predicted octanol–water partition coefficient (Wildman–Crippen LogP) is 3.32. The van der Waals surface area contributed by atoms with Crippen LogP contribution in [0.1, 0.15) is 24.0 Å². The molecule has 154 valence electrons. The number of rotatable bonds is 7. The second-order valence-corrected chi connectivity index (χ2v) is 8.97. The van der Waals surface area contributed by atoms with E-state index in [1.54, 1.807) is 6.08 Å². The number of alkyl carbamates (subject to hydrolysis) is 1. The van der Waals surface area contributed by atoms with E-state index >= 15 is 0 Å². The lowest BCUT2D eigenvalue weighted by Crippen LogP contribution is -2.48. The first kappa shape index (κ1) is 21.1. The number of benzene rings is 2. The van der Waals surface area contributed by atoms with Crippen LogP contribution in [0.3, 0.4) is 0 Å². The lowest BCUT2D eigenvalue weighted by atomic mass is 9.98. The summed E-state index contributed by atoms with van der Waals surface area (Å²) in [6.07, 6.45) is 2.17. The van der Waals surface area contributed by atoms with Crippen molar-refractivity contribution < 1.29 is 17.9 Å². The molecule has 1 aliphatic heterocycles. The molecule has 1 fully saturated rings. The Balaban J connectivity index is 1.71. The smallest absolute Gasteiger partial charge is 0.408 e. The van der Waals surface area contributed by atoms with E-state index in [1.807, 2.05) is 60.7 Å². The highest BCUT2D eigenvalue weighted by atomic mass is 32.2. The Bertz CT molecular complexity index is 908. The van der Waals surface area contributed by atoms with Gasteiger partial charge in [0.05, 0.1) is 0 Å². The average molecular weight is 415 g/mol.